The SMILES string of the molecule is CC1(C(=O)Cc2cc(F)ccc2Cl)CCCCO1. The van der Waals surface area contributed by atoms with Crippen LogP contribution in [0.25, 0.3) is 0 Å². The first kappa shape index (κ1) is 13.5. The Kier molecular flexibility index (Phi) is 4.03. The van der Waals surface area contributed by atoms with E-state index in [1.165, 1.54) is 18.2 Å². The van der Waals surface area contributed by atoms with Crippen LogP contribution in [0.15, 0.2) is 18.2 Å². The molecule has 1 unspecified atom stereocenters. The van der Waals surface area contributed by atoms with Gasteiger partial charge in [-0.3, -0.25) is 4.79 Å². The summed E-state index contributed by atoms with van der Waals surface area (Å²) in [5.74, 6) is -0.411. The molecule has 4 heteroatoms. The Balaban J connectivity index is 2.13. The summed E-state index contributed by atoms with van der Waals surface area (Å²) in [4.78, 5) is 12.2. The molecular weight excluding hydrogens is 255 g/mol. The Morgan fingerprint density at radius 2 is 2.28 bits per heavy atom. The first-order valence-electron chi connectivity index (χ1n) is 6.12. The summed E-state index contributed by atoms with van der Waals surface area (Å²) in [6, 6.07) is 4.07. The van der Waals surface area contributed by atoms with Gasteiger partial charge in [0.1, 0.15) is 11.4 Å². The highest BCUT2D eigenvalue weighted by Gasteiger charge is 2.35. The van der Waals surface area contributed by atoms with Crippen molar-refractivity contribution in [1.29, 1.82) is 0 Å². The Morgan fingerprint density at radius 1 is 1.50 bits per heavy atom. The van der Waals surface area contributed by atoms with Crippen molar-refractivity contribution < 1.29 is 13.9 Å². The molecule has 1 saturated heterocycles. The Labute approximate surface area is 111 Å². The van der Waals surface area contributed by atoms with Crippen LogP contribution in [0.1, 0.15) is 31.7 Å². The zero-order chi connectivity index (χ0) is 13.2. The van der Waals surface area contributed by atoms with Crippen LogP contribution in [0.3, 0.4) is 0 Å². The summed E-state index contributed by atoms with van der Waals surface area (Å²) >= 11 is 5.96. The minimum absolute atomic E-state index is 0.0327. The van der Waals surface area contributed by atoms with E-state index in [0.717, 1.165) is 19.3 Å². The number of benzene rings is 1. The molecule has 0 saturated carbocycles. The van der Waals surface area contributed by atoms with Crippen LogP contribution in [0, 0.1) is 5.82 Å². The van der Waals surface area contributed by atoms with Gasteiger partial charge in [-0.15, -0.1) is 0 Å². The quantitative estimate of drug-likeness (QED) is 0.840. The zero-order valence-electron chi connectivity index (χ0n) is 10.3. The van der Waals surface area contributed by atoms with Gasteiger partial charge in [-0.25, -0.2) is 4.39 Å². The van der Waals surface area contributed by atoms with E-state index in [-0.39, 0.29) is 18.0 Å². The van der Waals surface area contributed by atoms with Gasteiger partial charge < -0.3 is 4.74 Å². The number of Topliss-reactive ketones (excluding diaryl/α,β-unsaturated/α-hetero) is 1. The third kappa shape index (κ3) is 2.90. The van der Waals surface area contributed by atoms with E-state index in [9.17, 15) is 9.18 Å². The lowest BCUT2D eigenvalue weighted by Gasteiger charge is -2.32. The van der Waals surface area contributed by atoms with Crippen LogP contribution >= 0.6 is 11.6 Å². The number of hydrogen-bond donors (Lipinski definition) is 0. The van der Waals surface area contributed by atoms with Crippen LogP contribution in [0.5, 0.6) is 0 Å². The van der Waals surface area contributed by atoms with E-state index in [2.05, 4.69) is 0 Å². The van der Waals surface area contributed by atoms with Crippen molar-refractivity contribution in [2.75, 3.05) is 6.61 Å². The summed E-state index contributed by atoms with van der Waals surface area (Å²) in [5.41, 5.74) is -0.217. The van der Waals surface area contributed by atoms with Crippen molar-refractivity contribution in [3.63, 3.8) is 0 Å². The van der Waals surface area contributed by atoms with Crippen molar-refractivity contribution in [3.05, 3.63) is 34.6 Å². The second-order valence-corrected chi connectivity index (χ2v) is 5.28. The lowest BCUT2D eigenvalue weighted by Crippen LogP contribution is -2.42. The van der Waals surface area contributed by atoms with Gasteiger partial charge in [-0.05, 0) is 49.9 Å². The van der Waals surface area contributed by atoms with Crippen molar-refractivity contribution in [2.24, 2.45) is 0 Å². The maximum atomic E-state index is 13.1. The highest BCUT2D eigenvalue weighted by Crippen LogP contribution is 2.28. The molecule has 2 nitrogen and oxygen atoms in total. The van der Waals surface area contributed by atoms with Gasteiger partial charge in [0.25, 0.3) is 0 Å². The first-order chi connectivity index (χ1) is 8.51. The number of carbonyl (C=O) groups is 1. The predicted octanol–water partition coefficient (Wildman–Crippen LogP) is 3.55. The van der Waals surface area contributed by atoms with E-state index in [4.69, 9.17) is 16.3 Å². The van der Waals surface area contributed by atoms with Gasteiger partial charge in [-0.2, -0.15) is 0 Å². The molecule has 0 N–H and O–H groups in total. The molecular formula is C14H16ClFO2. The van der Waals surface area contributed by atoms with Crippen LogP contribution < -0.4 is 0 Å². The van der Waals surface area contributed by atoms with Gasteiger partial charge in [0.05, 0.1) is 0 Å². The molecule has 1 aromatic carbocycles. The molecule has 1 aromatic rings. The predicted molar refractivity (Wildman–Crippen MR) is 68.3 cm³/mol. The second kappa shape index (κ2) is 5.37. The van der Waals surface area contributed by atoms with Gasteiger partial charge in [0.2, 0.25) is 0 Å². The molecule has 2 rings (SSSR count). The Morgan fingerprint density at radius 3 is 2.94 bits per heavy atom. The first-order valence-corrected chi connectivity index (χ1v) is 6.50. The normalized spacial score (nSPS) is 23.9. The lowest BCUT2D eigenvalue weighted by atomic mass is 9.88. The zero-order valence-corrected chi connectivity index (χ0v) is 11.1. The maximum Gasteiger partial charge on any atom is 0.168 e. The fraction of sp³-hybridized carbons (Fsp3) is 0.500. The molecule has 0 amide bonds. The molecule has 1 heterocycles. The third-order valence-electron chi connectivity index (χ3n) is 3.42. The summed E-state index contributed by atoms with van der Waals surface area (Å²) < 4.78 is 18.7. The molecule has 1 fully saturated rings. The van der Waals surface area contributed by atoms with Crippen molar-refractivity contribution in [1.82, 2.24) is 0 Å². The average molecular weight is 271 g/mol. The van der Waals surface area contributed by atoms with Crippen LogP contribution in [-0.2, 0) is 16.0 Å². The number of carbonyl (C=O) groups excluding carboxylic acids is 1. The standard InChI is InChI=1S/C14H16ClFO2/c1-14(6-2-3-7-18-14)13(17)9-10-8-11(16)4-5-12(10)15/h4-5,8H,2-3,6-7,9H2,1H3. The molecule has 0 radical (unpaired) electrons. The largest absolute Gasteiger partial charge is 0.367 e. The number of ketones is 1. The minimum atomic E-state index is -0.742. The highest BCUT2D eigenvalue weighted by atomic mass is 35.5. The fourth-order valence-corrected chi connectivity index (χ4v) is 2.38. The number of hydrogen-bond acceptors (Lipinski definition) is 2. The van der Waals surface area contributed by atoms with Gasteiger partial charge >= 0.3 is 0 Å². The average Bonchev–Trinajstić information content (AvgIpc) is 2.35. The fourth-order valence-electron chi connectivity index (χ4n) is 2.19. The summed E-state index contributed by atoms with van der Waals surface area (Å²) in [6.45, 7) is 2.42. The number of rotatable bonds is 3. The summed E-state index contributed by atoms with van der Waals surface area (Å²) in [5, 5.41) is 0.421. The van der Waals surface area contributed by atoms with E-state index in [0.29, 0.717) is 17.2 Å². The van der Waals surface area contributed by atoms with E-state index < -0.39 is 5.60 Å². The van der Waals surface area contributed by atoms with Gasteiger partial charge in [0, 0.05) is 18.1 Å². The van der Waals surface area contributed by atoms with Crippen molar-refractivity contribution >= 4 is 17.4 Å². The lowest BCUT2D eigenvalue weighted by molar-refractivity contribution is -0.147. The van der Waals surface area contributed by atoms with E-state index in [1.54, 1.807) is 0 Å². The van der Waals surface area contributed by atoms with E-state index >= 15 is 0 Å². The second-order valence-electron chi connectivity index (χ2n) is 4.87. The minimum Gasteiger partial charge on any atom is -0.367 e. The van der Waals surface area contributed by atoms with E-state index in [1.807, 2.05) is 6.92 Å². The smallest absolute Gasteiger partial charge is 0.168 e. The molecule has 0 bridgehead atoms. The Hall–Kier alpha value is -0.930. The third-order valence-corrected chi connectivity index (χ3v) is 3.79. The topological polar surface area (TPSA) is 26.3 Å². The Bertz CT molecular complexity index is 453. The van der Waals surface area contributed by atoms with Crippen LogP contribution in [-0.4, -0.2) is 18.0 Å². The summed E-state index contributed by atoms with van der Waals surface area (Å²) in [6.07, 6.45) is 2.81. The monoisotopic (exact) mass is 270 g/mol. The number of ether oxygens (including phenoxy) is 1. The van der Waals surface area contributed by atoms with Gasteiger partial charge in [0.15, 0.2) is 5.78 Å². The maximum absolute atomic E-state index is 13.1. The van der Waals surface area contributed by atoms with Crippen LogP contribution in [0.2, 0.25) is 5.02 Å². The van der Waals surface area contributed by atoms with Gasteiger partial charge in [-0.1, -0.05) is 11.6 Å². The molecule has 0 spiro atoms. The molecule has 1 aliphatic heterocycles. The molecule has 0 aliphatic carbocycles. The molecule has 1 aliphatic rings. The molecule has 1 atom stereocenters. The molecule has 18 heavy (non-hydrogen) atoms. The number of halogens is 2. The molecule has 98 valence electrons. The van der Waals surface area contributed by atoms with Crippen molar-refractivity contribution in [2.45, 2.75) is 38.2 Å². The van der Waals surface area contributed by atoms with Crippen molar-refractivity contribution in [3.8, 4) is 0 Å². The summed E-state index contributed by atoms with van der Waals surface area (Å²) in [7, 11) is 0. The molecule has 0 aromatic heterocycles. The highest BCUT2D eigenvalue weighted by molar-refractivity contribution is 6.31. The van der Waals surface area contributed by atoms with Crippen LogP contribution in [0.4, 0.5) is 4.39 Å².